The predicted octanol–water partition coefficient (Wildman–Crippen LogP) is 16.3. The maximum Gasteiger partial charge on any atom is 0.164 e. The van der Waals surface area contributed by atoms with E-state index in [1.165, 1.54) is 56.7 Å². The number of aromatic nitrogens is 4. The zero-order chi connectivity index (χ0) is 42.1. The Morgan fingerprint density at radius 1 is 0.297 bits per heavy atom. The number of hydrogen-bond donors (Lipinski definition) is 0. The SMILES string of the molecule is c1ccc(-c2nc(-c3ccc(-c4ccc5c(c4)nc(-c4cccc6ccccc46)c4sc6ccccc6c45)cc3)nc(-c3cccc(-c4cccc5c4sc4ccccc45)c3)n2)cc1. The summed E-state index contributed by atoms with van der Waals surface area (Å²) in [5.41, 5.74) is 10.5. The summed E-state index contributed by atoms with van der Waals surface area (Å²) in [5, 5.41) is 8.67. The highest BCUT2D eigenvalue weighted by Crippen LogP contribution is 2.45. The van der Waals surface area contributed by atoms with E-state index in [1.54, 1.807) is 0 Å². The minimum Gasteiger partial charge on any atom is -0.246 e. The van der Waals surface area contributed by atoms with E-state index in [4.69, 9.17) is 19.9 Å². The first-order chi connectivity index (χ1) is 31.7. The summed E-state index contributed by atoms with van der Waals surface area (Å²) in [4.78, 5) is 20.8. The maximum atomic E-state index is 5.48. The van der Waals surface area contributed by atoms with Crippen LogP contribution in [0.5, 0.6) is 0 Å². The minimum atomic E-state index is 0.624. The van der Waals surface area contributed by atoms with Gasteiger partial charge in [0.2, 0.25) is 0 Å². The summed E-state index contributed by atoms with van der Waals surface area (Å²) in [5.74, 6) is 1.89. The Hall–Kier alpha value is -7.90. The number of pyridine rings is 1. The molecule has 298 valence electrons. The van der Waals surface area contributed by atoms with Crippen molar-refractivity contribution < 1.29 is 0 Å². The fourth-order valence-corrected chi connectivity index (χ4v) is 11.7. The molecule has 0 aliphatic rings. The Kier molecular flexibility index (Phi) is 8.54. The van der Waals surface area contributed by atoms with Crippen LogP contribution >= 0.6 is 22.7 Å². The largest absolute Gasteiger partial charge is 0.246 e. The molecule has 0 fully saturated rings. The molecule has 4 heterocycles. The second-order valence-electron chi connectivity index (χ2n) is 16.1. The quantitative estimate of drug-likeness (QED) is 0.167. The molecule has 0 N–H and O–H groups in total. The first-order valence-electron chi connectivity index (χ1n) is 21.4. The van der Waals surface area contributed by atoms with Gasteiger partial charge in [-0.3, -0.25) is 0 Å². The van der Waals surface area contributed by atoms with E-state index < -0.39 is 0 Å². The van der Waals surface area contributed by atoms with Crippen molar-refractivity contribution >= 4 is 84.7 Å². The van der Waals surface area contributed by atoms with Gasteiger partial charge in [-0.05, 0) is 57.3 Å². The van der Waals surface area contributed by atoms with Crippen LogP contribution in [0, 0.1) is 0 Å². The van der Waals surface area contributed by atoms with E-state index in [-0.39, 0.29) is 0 Å². The van der Waals surface area contributed by atoms with E-state index >= 15 is 0 Å². The number of benzene rings is 9. The second-order valence-corrected chi connectivity index (χ2v) is 18.2. The third kappa shape index (κ3) is 6.10. The Morgan fingerprint density at radius 3 is 1.67 bits per heavy atom. The maximum absolute atomic E-state index is 5.48. The molecule has 0 spiro atoms. The van der Waals surface area contributed by atoms with Gasteiger partial charge in [0.15, 0.2) is 17.5 Å². The van der Waals surface area contributed by atoms with Crippen LogP contribution in [-0.4, -0.2) is 19.9 Å². The molecule has 13 rings (SSSR count). The zero-order valence-corrected chi connectivity index (χ0v) is 35.9. The lowest BCUT2D eigenvalue weighted by Crippen LogP contribution is -2.00. The third-order valence-electron chi connectivity index (χ3n) is 12.3. The van der Waals surface area contributed by atoms with Crippen LogP contribution in [0.3, 0.4) is 0 Å². The van der Waals surface area contributed by atoms with Gasteiger partial charge < -0.3 is 0 Å². The van der Waals surface area contributed by atoms with Crippen LogP contribution in [0.1, 0.15) is 0 Å². The van der Waals surface area contributed by atoms with Crippen LogP contribution in [0.15, 0.2) is 206 Å². The lowest BCUT2D eigenvalue weighted by atomic mass is 9.97. The van der Waals surface area contributed by atoms with Gasteiger partial charge in [-0.1, -0.05) is 182 Å². The molecular formula is C58H34N4S2. The summed E-state index contributed by atoms with van der Waals surface area (Å²) in [6, 6.07) is 73.1. The fraction of sp³-hybridized carbons (Fsp3) is 0. The third-order valence-corrected chi connectivity index (χ3v) is 14.7. The monoisotopic (exact) mass is 850 g/mol. The predicted molar refractivity (Wildman–Crippen MR) is 271 cm³/mol. The first-order valence-corrected chi connectivity index (χ1v) is 23.0. The molecule has 0 amide bonds. The molecule has 0 atom stereocenters. The van der Waals surface area contributed by atoms with Gasteiger partial charge in [0.25, 0.3) is 0 Å². The van der Waals surface area contributed by atoms with Gasteiger partial charge in [-0.15, -0.1) is 22.7 Å². The normalized spacial score (nSPS) is 11.8. The average Bonchev–Trinajstić information content (AvgIpc) is 3.96. The minimum absolute atomic E-state index is 0.624. The number of thiophene rings is 2. The van der Waals surface area contributed by atoms with Crippen molar-refractivity contribution in [1.82, 2.24) is 19.9 Å². The molecule has 13 aromatic rings. The molecule has 6 heteroatoms. The molecule has 64 heavy (non-hydrogen) atoms. The summed E-state index contributed by atoms with van der Waals surface area (Å²) in [6.45, 7) is 0. The van der Waals surface area contributed by atoms with Crippen molar-refractivity contribution in [3.8, 4) is 67.7 Å². The van der Waals surface area contributed by atoms with Crippen molar-refractivity contribution in [2.45, 2.75) is 0 Å². The highest BCUT2D eigenvalue weighted by molar-refractivity contribution is 7.26. The lowest BCUT2D eigenvalue weighted by Gasteiger charge is -2.12. The Bertz CT molecular complexity index is 3960. The molecular weight excluding hydrogens is 817 g/mol. The molecule has 4 nitrogen and oxygen atoms in total. The number of fused-ring (bicyclic) bond motifs is 9. The number of hydrogen-bond acceptors (Lipinski definition) is 6. The zero-order valence-electron chi connectivity index (χ0n) is 34.2. The first kappa shape index (κ1) is 36.7. The van der Waals surface area contributed by atoms with Gasteiger partial charge in [0.1, 0.15) is 0 Å². The average molecular weight is 851 g/mol. The fourth-order valence-electron chi connectivity index (χ4n) is 9.24. The number of nitrogens with zero attached hydrogens (tertiary/aromatic N) is 4. The van der Waals surface area contributed by atoms with Crippen molar-refractivity contribution in [2.75, 3.05) is 0 Å². The molecule has 0 saturated carbocycles. The molecule has 0 radical (unpaired) electrons. The van der Waals surface area contributed by atoms with Crippen LogP contribution < -0.4 is 0 Å². The van der Waals surface area contributed by atoms with Crippen molar-refractivity contribution in [1.29, 1.82) is 0 Å². The van der Waals surface area contributed by atoms with Crippen LogP contribution in [0.2, 0.25) is 0 Å². The molecule has 0 bridgehead atoms. The van der Waals surface area contributed by atoms with Crippen molar-refractivity contribution in [3.63, 3.8) is 0 Å². The van der Waals surface area contributed by atoms with Crippen molar-refractivity contribution in [2.24, 2.45) is 0 Å². The van der Waals surface area contributed by atoms with Gasteiger partial charge in [0.05, 0.1) is 15.9 Å². The van der Waals surface area contributed by atoms with Gasteiger partial charge in [-0.25, -0.2) is 19.9 Å². The van der Waals surface area contributed by atoms with Gasteiger partial charge in [-0.2, -0.15) is 0 Å². The molecule has 0 aliphatic heterocycles. The van der Waals surface area contributed by atoms with Crippen LogP contribution in [-0.2, 0) is 0 Å². The second kappa shape index (κ2) is 14.9. The van der Waals surface area contributed by atoms with E-state index in [1.807, 2.05) is 40.9 Å². The van der Waals surface area contributed by atoms with Crippen LogP contribution in [0.25, 0.3) is 130 Å². The summed E-state index contributed by atoms with van der Waals surface area (Å²) >= 11 is 3.67. The molecule has 0 unspecified atom stereocenters. The highest BCUT2D eigenvalue weighted by Gasteiger charge is 2.19. The van der Waals surface area contributed by atoms with Gasteiger partial charge in [0, 0.05) is 63.3 Å². The van der Waals surface area contributed by atoms with Gasteiger partial charge >= 0.3 is 0 Å². The van der Waals surface area contributed by atoms with E-state index in [0.29, 0.717) is 17.5 Å². The Balaban J connectivity index is 0.910. The van der Waals surface area contributed by atoms with E-state index in [2.05, 4.69) is 188 Å². The molecule has 0 saturated heterocycles. The Morgan fingerprint density at radius 2 is 0.844 bits per heavy atom. The summed E-state index contributed by atoms with van der Waals surface area (Å²) < 4.78 is 5.05. The summed E-state index contributed by atoms with van der Waals surface area (Å²) in [7, 11) is 0. The highest BCUT2D eigenvalue weighted by atomic mass is 32.1. The standard InChI is InChI=1S/C58H34N4S2/c1-2-14-37(15-3-1)56-60-57(62-58(61-56)41-18-10-17-40(33-41)43-22-12-24-46-44-20-6-8-25-50(44)63-54(43)46)38-29-27-35(28-30-38)39-31-32-47-49(34-39)59-53(45-23-11-16-36-13-4-5-19-42(36)45)55-52(47)48-21-7-9-26-51(48)64-55/h1-34H. The number of rotatable bonds is 6. The molecule has 9 aromatic carbocycles. The molecule has 4 aromatic heterocycles. The van der Waals surface area contributed by atoms with Crippen molar-refractivity contribution in [3.05, 3.63) is 206 Å². The molecule has 0 aliphatic carbocycles. The smallest absolute Gasteiger partial charge is 0.164 e. The lowest BCUT2D eigenvalue weighted by molar-refractivity contribution is 1.07. The topological polar surface area (TPSA) is 51.6 Å². The van der Waals surface area contributed by atoms with Crippen LogP contribution in [0.4, 0.5) is 0 Å². The van der Waals surface area contributed by atoms with E-state index in [0.717, 1.165) is 55.5 Å². The van der Waals surface area contributed by atoms with E-state index in [9.17, 15) is 0 Å². The summed E-state index contributed by atoms with van der Waals surface area (Å²) in [6.07, 6.45) is 0. The Labute approximate surface area is 376 Å².